The average molecular weight is 302 g/mol. The molecule has 3 unspecified atom stereocenters. The van der Waals surface area contributed by atoms with Crippen LogP contribution in [0, 0.1) is 11.8 Å². The molecular formula is C16H22N4S. The van der Waals surface area contributed by atoms with Crippen LogP contribution >= 0.6 is 11.8 Å². The number of nitrogens with zero attached hydrogens (tertiary/aromatic N) is 2. The van der Waals surface area contributed by atoms with Gasteiger partial charge in [-0.15, -0.1) is 0 Å². The van der Waals surface area contributed by atoms with Crippen LogP contribution in [0.5, 0.6) is 0 Å². The topological polar surface area (TPSA) is 53.6 Å². The lowest BCUT2D eigenvalue weighted by Gasteiger charge is -2.33. The number of hydrogen-bond acceptors (Lipinski definition) is 4. The molecule has 2 N–H and O–H groups in total. The SMILES string of the molecule is CC1CCC(Nc2ccc(Sc3ncn[nH]3)cc2)CC1C. The lowest BCUT2D eigenvalue weighted by molar-refractivity contribution is 0.261. The number of hydrogen-bond donors (Lipinski definition) is 2. The van der Waals surface area contributed by atoms with Crippen LogP contribution < -0.4 is 5.32 Å². The van der Waals surface area contributed by atoms with Gasteiger partial charge in [-0.1, -0.05) is 25.6 Å². The Labute approximate surface area is 130 Å². The summed E-state index contributed by atoms with van der Waals surface area (Å²) in [5.41, 5.74) is 1.21. The zero-order valence-electron chi connectivity index (χ0n) is 12.5. The molecule has 1 aromatic carbocycles. The summed E-state index contributed by atoms with van der Waals surface area (Å²) in [5.74, 6) is 1.68. The molecule has 0 aliphatic heterocycles. The predicted octanol–water partition coefficient (Wildman–Crippen LogP) is 4.19. The lowest BCUT2D eigenvalue weighted by Crippen LogP contribution is -2.30. The van der Waals surface area contributed by atoms with E-state index in [0.717, 1.165) is 17.0 Å². The van der Waals surface area contributed by atoms with Crippen LogP contribution in [0.1, 0.15) is 33.1 Å². The van der Waals surface area contributed by atoms with E-state index in [2.05, 4.69) is 58.6 Å². The van der Waals surface area contributed by atoms with E-state index in [0.29, 0.717) is 6.04 Å². The minimum atomic E-state index is 0.615. The van der Waals surface area contributed by atoms with Gasteiger partial charge in [0.2, 0.25) is 0 Å². The van der Waals surface area contributed by atoms with E-state index in [9.17, 15) is 0 Å². The summed E-state index contributed by atoms with van der Waals surface area (Å²) >= 11 is 1.59. The fourth-order valence-corrected chi connectivity index (χ4v) is 3.58. The number of nitrogens with one attached hydrogen (secondary N) is 2. The molecule has 112 valence electrons. The summed E-state index contributed by atoms with van der Waals surface area (Å²) in [6, 6.07) is 9.18. The maximum atomic E-state index is 4.12. The number of benzene rings is 1. The smallest absolute Gasteiger partial charge is 0.188 e. The maximum Gasteiger partial charge on any atom is 0.188 e. The van der Waals surface area contributed by atoms with Crippen molar-refractivity contribution in [3.05, 3.63) is 30.6 Å². The molecule has 1 aromatic heterocycles. The Morgan fingerprint density at radius 1 is 1.14 bits per heavy atom. The minimum Gasteiger partial charge on any atom is -0.382 e. The first-order valence-electron chi connectivity index (χ1n) is 7.60. The molecule has 3 rings (SSSR count). The van der Waals surface area contributed by atoms with Gasteiger partial charge in [0.05, 0.1) is 0 Å². The summed E-state index contributed by atoms with van der Waals surface area (Å²) in [7, 11) is 0. The average Bonchev–Trinajstić information content (AvgIpc) is 2.98. The van der Waals surface area contributed by atoms with E-state index in [1.54, 1.807) is 11.8 Å². The third kappa shape index (κ3) is 3.79. The molecule has 1 saturated carbocycles. The Morgan fingerprint density at radius 3 is 2.62 bits per heavy atom. The number of aromatic nitrogens is 3. The van der Waals surface area contributed by atoms with Crippen molar-refractivity contribution in [2.45, 2.75) is 49.2 Å². The molecule has 2 aromatic rings. The van der Waals surface area contributed by atoms with E-state index in [-0.39, 0.29) is 0 Å². The molecule has 0 amide bonds. The fourth-order valence-electron chi connectivity index (χ4n) is 2.89. The number of H-pyrrole nitrogens is 1. The first kappa shape index (κ1) is 14.4. The van der Waals surface area contributed by atoms with Gasteiger partial charge in [0.15, 0.2) is 5.16 Å². The number of aromatic amines is 1. The van der Waals surface area contributed by atoms with Crippen molar-refractivity contribution >= 4 is 17.4 Å². The third-order valence-corrected chi connectivity index (χ3v) is 5.33. The van der Waals surface area contributed by atoms with Crippen LogP contribution in [0.25, 0.3) is 0 Å². The van der Waals surface area contributed by atoms with Crippen LogP contribution in [0.2, 0.25) is 0 Å². The van der Waals surface area contributed by atoms with Crippen LogP contribution in [-0.2, 0) is 0 Å². The Kier molecular flexibility index (Phi) is 4.48. The molecular weight excluding hydrogens is 280 g/mol. The summed E-state index contributed by atoms with van der Waals surface area (Å²) in [4.78, 5) is 5.29. The minimum absolute atomic E-state index is 0.615. The van der Waals surface area contributed by atoms with Crippen LogP contribution in [0.3, 0.4) is 0 Å². The lowest BCUT2D eigenvalue weighted by atomic mass is 9.79. The quantitative estimate of drug-likeness (QED) is 0.889. The van der Waals surface area contributed by atoms with Crippen LogP contribution in [-0.4, -0.2) is 21.2 Å². The van der Waals surface area contributed by atoms with Crippen LogP contribution in [0.4, 0.5) is 5.69 Å². The second kappa shape index (κ2) is 6.52. The maximum absolute atomic E-state index is 4.12. The van der Waals surface area contributed by atoms with Gasteiger partial charge in [0.25, 0.3) is 0 Å². The number of anilines is 1. The number of rotatable bonds is 4. The van der Waals surface area contributed by atoms with Gasteiger partial charge in [-0.05, 0) is 55.4 Å². The molecule has 0 radical (unpaired) electrons. The molecule has 0 spiro atoms. The predicted molar refractivity (Wildman–Crippen MR) is 86.5 cm³/mol. The van der Waals surface area contributed by atoms with Crippen molar-refractivity contribution in [1.29, 1.82) is 0 Å². The zero-order valence-corrected chi connectivity index (χ0v) is 13.4. The van der Waals surface area contributed by atoms with Crippen molar-refractivity contribution < 1.29 is 0 Å². The molecule has 0 saturated heterocycles. The molecule has 21 heavy (non-hydrogen) atoms. The van der Waals surface area contributed by atoms with Gasteiger partial charge in [0, 0.05) is 16.6 Å². The fraction of sp³-hybridized carbons (Fsp3) is 0.500. The highest BCUT2D eigenvalue weighted by atomic mass is 32.2. The van der Waals surface area contributed by atoms with Gasteiger partial charge >= 0.3 is 0 Å². The Balaban J connectivity index is 1.57. The highest BCUT2D eigenvalue weighted by Crippen LogP contribution is 2.31. The molecule has 1 aliphatic rings. The first-order valence-corrected chi connectivity index (χ1v) is 8.42. The van der Waals surface area contributed by atoms with E-state index < -0.39 is 0 Å². The second-order valence-corrected chi connectivity index (χ2v) is 7.09. The van der Waals surface area contributed by atoms with E-state index in [1.165, 1.54) is 36.2 Å². The largest absolute Gasteiger partial charge is 0.382 e. The zero-order chi connectivity index (χ0) is 14.7. The third-order valence-electron chi connectivity index (χ3n) is 4.43. The Morgan fingerprint density at radius 2 is 1.95 bits per heavy atom. The van der Waals surface area contributed by atoms with Gasteiger partial charge in [0.1, 0.15) is 6.33 Å². The Hall–Kier alpha value is -1.49. The summed E-state index contributed by atoms with van der Waals surface area (Å²) in [5, 5.41) is 11.2. The van der Waals surface area contributed by atoms with Crippen molar-refractivity contribution in [3.63, 3.8) is 0 Å². The molecule has 0 bridgehead atoms. The summed E-state index contributed by atoms with van der Waals surface area (Å²) in [6.07, 6.45) is 5.41. The van der Waals surface area contributed by atoms with Crippen molar-refractivity contribution in [3.8, 4) is 0 Å². The molecule has 5 heteroatoms. The second-order valence-electron chi connectivity index (χ2n) is 6.03. The van der Waals surface area contributed by atoms with Gasteiger partial charge in [-0.2, -0.15) is 5.10 Å². The van der Waals surface area contributed by atoms with Crippen LogP contribution in [0.15, 0.2) is 40.6 Å². The van der Waals surface area contributed by atoms with Gasteiger partial charge < -0.3 is 5.32 Å². The standard InChI is InChI=1S/C16H22N4S/c1-11-3-4-14(9-12(11)2)19-13-5-7-15(8-6-13)21-16-17-10-18-20-16/h5-8,10-12,14,19H,3-4,9H2,1-2H3,(H,17,18,20). The van der Waals surface area contributed by atoms with E-state index in [1.807, 2.05) is 0 Å². The summed E-state index contributed by atoms with van der Waals surface area (Å²) in [6.45, 7) is 4.74. The van der Waals surface area contributed by atoms with Crippen molar-refractivity contribution in [1.82, 2.24) is 15.2 Å². The molecule has 1 fully saturated rings. The highest BCUT2D eigenvalue weighted by molar-refractivity contribution is 7.99. The Bertz CT molecular complexity index is 552. The van der Waals surface area contributed by atoms with Gasteiger partial charge in [-0.3, -0.25) is 5.10 Å². The molecule has 4 nitrogen and oxygen atoms in total. The summed E-state index contributed by atoms with van der Waals surface area (Å²) < 4.78 is 0. The van der Waals surface area contributed by atoms with E-state index >= 15 is 0 Å². The molecule has 3 atom stereocenters. The molecule has 1 heterocycles. The van der Waals surface area contributed by atoms with Crippen molar-refractivity contribution in [2.24, 2.45) is 11.8 Å². The first-order chi connectivity index (χ1) is 10.2. The highest BCUT2D eigenvalue weighted by Gasteiger charge is 2.24. The van der Waals surface area contributed by atoms with Gasteiger partial charge in [-0.25, -0.2) is 4.98 Å². The molecule has 1 aliphatic carbocycles. The normalized spacial score (nSPS) is 25.7. The monoisotopic (exact) mass is 302 g/mol. The van der Waals surface area contributed by atoms with Crippen molar-refractivity contribution in [2.75, 3.05) is 5.32 Å². The van der Waals surface area contributed by atoms with E-state index in [4.69, 9.17) is 0 Å².